The van der Waals surface area contributed by atoms with Gasteiger partial charge in [0.25, 0.3) is 0 Å². The summed E-state index contributed by atoms with van der Waals surface area (Å²) < 4.78 is 38.0. The van der Waals surface area contributed by atoms with E-state index in [0.717, 1.165) is 36.5 Å². The van der Waals surface area contributed by atoms with Crippen LogP contribution in [-0.4, -0.2) is 28.1 Å². The van der Waals surface area contributed by atoms with E-state index in [9.17, 15) is 38.0 Å². The maximum Gasteiger partial charge on any atom is 0.416 e. The molecule has 12 heteroatoms. The molecule has 0 heterocycles. The number of phenolic OH excluding ortho intramolecular Hbond substituents is 1. The van der Waals surface area contributed by atoms with Crippen LogP contribution in [0.3, 0.4) is 0 Å². The van der Waals surface area contributed by atoms with E-state index in [2.05, 4.69) is 15.8 Å². The normalized spacial score (nSPS) is 11.3. The zero-order chi connectivity index (χ0) is 22.3. The quantitative estimate of drug-likeness (QED) is 0.357. The van der Waals surface area contributed by atoms with Gasteiger partial charge in [-0.25, -0.2) is 5.43 Å². The SMILES string of the molecule is O=C(CCC(=O)Nc1cccc(C(F)(F)F)c1)N/N=C/c1ccc(O)c([N+](=O)[O-])c1. The zero-order valence-corrected chi connectivity index (χ0v) is 15.1. The van der Waals surface area contributed by atoms with Crippen molar-refractivity contribution in [2.45, 2.75) is 19.0 Å². The van der Waals surface area contributed by atoms with Crippen molar-refractivity contribution in [3.63, 3.8) is 0 Å². The smallest absolute Gasteiger partial charge is 0.416 e. The average molecular weight is 424 g/mol. The number of rotatable bonds is 7. The largest absolute Gasteiger partial charge is 0.502 e. The van der Waals surface area contributed by atoms with Crippen LogP contribution in [0.5, 0.6) is 5.75 Å². The van der Waals surface area contributed by atoms with Crippen LogP contribution in [0.4, 0.5) is 24.5 Å². The van der Waals surface area contributed by atoms with E-state index < -0.39 is 39.9 Å². The van der Waals surface area contributed by atoms with Crippen molar-refractivity contribution in [3.05, 3.63) is 63.7 Å². The fourth-order valence-electron chi connectivity index (χ4n) is 2.23. The Bertz CT molecular complexity index is 992. The third-order valence-electron chi connectivity index (χ3n) is 3.65. The number of benzene rings is 2. The molecule has 30 heavy (non-hydrogen) atoms. The Hall–Kier alpha value is -3.96. The van der Waals surface area contributed by atoms with E-state index in [1.54, 1.807) is 0 Å². The standard InChI is InChI=1S/C18H15F3N4O5/c19-18(20,21)12-2-1-3-13(9-12)23-16(27)6-7-17(28)24-22-10-11-4-5-15(26)14(8-11)25(29)30/h1-5,8-10,26H,6-7H2,(H,23,27)(H,24,28)/b22-10+. The molecule has 0 bridgehead atoms. The van der Waals surface area contributed by atoms with Gasteiger partial charge in [0.1, 0.15) is 0 Å². The molecular formula is C18H15F3N4O5. The predicted octanol–water partition coefficient (Wildman–Crippen LogP) is 3.19. The van der Waals surface area contributed by atoms with E-state index in [1.807, 2.05) is 0 Å². The van der Waals surface area contributed by atoms with Crippen LogP contribution in [0, 0.1) is 10.1 Å². The molecular weight excluding hydrogens is 409 g/mol. The Morgan fingerprint density at radius 1 is 1.13 bits per heavy atom. The highest BCUT2D eigenvalue weighted by Gasteiger charge is 2.30. The van der Waals surface area contributed by atoms with Gasteiger partial charge in [0.15, 0.2) is 5.75 Å². The molecule has 9 nitrogen and oxygen atoms in total. The lowest BCUT2D eigenvalue weighted by atomic mass is 10.2. The van der Waals surface area contributed by atoms with Gasteiger partial charge < -0.3 is 10.4 Å². The van der Waals surface area contributed by atoms with Crippen molar-refractivity contribution in [3.8, 4) is 5.75 Å². The van der Waals surface area contributed by atoms with Crippen molar-refractivity contribution in [2.24, 2.45) is 5.10 Å². The number of anilines is 1. The van der Waals surface area contributed by atoms with Gasteiger partial charge in [-0.05, 0) is 30.3 Å². The second-order valence-corrected chi connectivity index (χ2v) is 5.93. The van der Waals surface area contributed by atoms with Crippen LogP contribution in [-0.2, 0) is 15.8 Å². The Kier molecular flexibility index (Phi) is 7.07. The summed E-state index contributed by atoms with van der Waals surface area (Å²) in [6.45, 7) is 0. The minimum atomic E-state index is -4.55. The number of nitrogens with one attached hydrogen (secondary N) is 2. The molecule has 2 aromatic rings. The molecule has 0 unspecified atom stereocenters. The number of alkyl halides is 3. The molecule has 2 aromatic carbocycles. The summed E-state index contributed by atoms with van der Waals surface area (Å²) in [5, 5.41) is 25.9. The highest BCUT2D eigenvalue weighted by Crippen LogP contribution is 2.30. The molecule has 3 N–H and O–H groups in total. The molecule has 0 radical (unpaired) electrons. The second-order valence-electron chi connectivity index (χ2n) is 5.93. The van der Waals surface area contributed by atoms with Gasteiger partial charge in [-0.3, -0.25) is 19.7 Å². The third kappa shape index (κ3) is 6.58. The Balaban J connectivity index is 1.83. The summed E-state index contributed by atoms with van der Waals surface area (Å²) in [5.74, 6) is -1.84. The minimum absolute atomic E-state index is 0.0535. The van der Waals surface area contributed by atoms with E-state index in [-0.39, 0.29) is 24.1 Å². The number of nitrogens with zero attached hydrogens (tertiary/aromatic N) is 2. The summed E-state index contributed by atoms with van der Waals surface area (Å²) in [5.41, 5.74) is 0.851. The molecule has 2 rings (SSSR count). The van der Waals surface area contributed by atoms with E-state index in [1.165, 1.54) is 12.1 Å². The first-order chi connectivity index (χ1) is 14.1. The van der Waals surface area contributed by atoms with Crippen LogP contribution in [0.25, 0.3) is 0 Å². The number of hydrogen-bond donors (Lipinski definition) is 3. The molecule has 0 atom stereocenters. The van der Waals surface area contributed by atoms with Gasteiger partial charge in [0.05, 0.1) is 16.7 Å². The van der Waals surface area contributed by atoms with Gasteiger partial charge in [-0.15, -0.1) is 0 Å². The van der Waals surface area contributed by atoms with E-state index in [0.29, 0.717) is 0 Å². The molecule has 2 amide bonds. The number of nitro groups is 1. The average Bonchev–Trinajstić information content (AvgIpc) is 2.67. The number of hydrazone groups is 1. The number of amides is 2. The molecule has 0 saturated heterocycles. The summed E-state index contributed by atoms with van der Waals surface area (Å²) in [6, 6.07) is 7.55. The lowest BCUT2D eigenvalue weighted by molar-refractivity contribution is -0.385. The zero-order valence-electron chi connectivity index (χ0n) is 15.1. The van der Waals surface area contributed by atoms with Gasteiger partial charge in [0, 0.05) is 30.2 Å². The summed E-state index contributed by atoms with van der Waals surface area (Å²) in [4.78, 5) is 33.5. The lowest BCUT2D eigenvalue weighted by Gasteiger charge is -2.09. The Morgan fingerprint density at radius 3 is 2.50 bits per heavy atom. The number of carbonyl (C=O) groups excluding carboxylic acids is 2. The summed E-state index contributed by atoms with van der Waals surface area (Å²) in [7, 11) is 0. The Morgan fingerprint density at radius 2 is 1.83 bits per heavy atom. The van der Waals surface area contributed by atoms with Crippen LogP contribution >= 0.6 is 0 Å². The molecule has 0 aromatic heterocycles. The Labute approximate surface area is 167 Å². The van der Waals surface area contributed by atoms with Gasteiger partial charge in [0.2, 0.25) is 11.8 Å². The second kappa shape index (κ2) is 9.49. The highest BCUT2D eigenvalue weighted by molar-refractivity contribution is 5.93. The maximum absolute atomic E-state index is 12.7. The molecule has 158 valence electrons. The van der Waals surface area contributed by atoms with Crippen molar-refractivity contribution >= 4 is 29.4 Å². The highest BCUT2D eigenvalue weighted by atomic mass is 19.4. The first-order valence-corrected chi connectivity index (χ1v) is 8.32. The maximum atomic E-state index is 12.7. The van der Waals surface area contributed by atoms with Crippen LogP contribution < -0.4 is 10.7 Å². The minimum Gasteiger partial charge on any atom is -0.502 e. The first-order valence-electron chi connectivity index (χ1n) is 8.32. The van der Waals surface area contributed by atoms with Crippen molar-refractivity contribution in [1.29, 1.82) is 0 Å². The summed E-state index contributed by atoms with van der Waals surface area (Å²) in [6.07, 6.45) is -4.04. The molecule has 0 fully saturated rings. The number of phenols is 1. The monoisotopic (exact) mass is 424 g/mol. The molecule has 0 aliphatic rings. The topological polar surface area (TPSA) is 134 Å². The predicted molar refractivity (Wildman–Crippen MR) is 99.8 cm³/mol. The van der Waals surface area contributed by atoms with Gasteiger partial charge in [-0.1, -0.05) is 6.07 Å². The fourth-order valence-corrected chi connectivity index (χ4v) is 2.23. The number of nitro benzene ring substituents is 1. The lowest BCUT2D eigenvalue weighted by Crippen LogP contribution is -2.20. The summed E-state index contributed by atoms with van der Waals surface area (Å²) >= 11 is 0. The first kappa shape index (κ1) is 22.3. The van der Waals surface area contributed by atoms with Crippen LogP contribution in [0.15, 0.2) is 47.6 Å². The van der Waals surface area contributed by atoms with E-state index in [4.69, 9.17) is 0 Å². The number of halogens is 3. The number of carbonyl (C=O) groups is 2. The molecule has 0 aliphatic carbocycles. The van der Waals surface area contributed by atoms with Gasteiger partial charge >= 0.3 is 11.9 Å². The van der Waals surface area contributed by atoms with Crippen molar-refractivity contribution in [2.75, 3.05) is 5.32 Å². The van der Waals surface area contributed by atoms with Crippen molar-refractivity contribution < 1.29 is 32.8 Å². The number of aromatic hydroxyl groups is 1. The van der Waals surface area contributed by atoms with Crippen molar-refractivity contribution in [1.82, 2.24) is 5.43 Å². The third-order valence-corrected chi connectivity index (χ3v) is 3.65. The van der Waals surface area contributed by atoms with Gasteiger partial charge in [-0.2, -0.15) is 18.3 Å². The van der Waals surface area contributed by atoms with Crippen LogP contribution in [0.2, 0.25) is 0 Å². The van der Waals surface area contributed by atoms with Crippen LogP contribution in [0.1, 0.15) is 24.0 Å². The molecule has 0 aliphatic heterocycles. The van der Waals surface area contributed by atoms with E-state index >= 15 is 0 Å². The molecule has 0 saturated carbocycles. The molecule has 0 spiro atoms. The number of hydrogen-bond acceptors (Lipinski definition) is 6. The fraction of sp³-hybridized carbons (Fsp3) is 0.167.